The molecule has 48 heavy (non-hydrogen) atoms. The zero-order valence-electron chi connectivity index (χ0n) is 26.8. The fourth-order valence-corrected chi connectivity index (χ4v) is 4.81. The minimum absolute atomic E-state index is 0.0678. The molecule has 2 aliphatic heterocycles. The summed E-state index contributed by atoms with van der Waals surface area (Å²) in [4.78, 5) is 0. The highest BCUT2D eigenvalue weighted by Gasteiger charge is 2.20. The Hall–Kier alpha value is -6.63. The van der Waals surface area contributed by atoms with Crippen LogP contribution in [0.1, 0.15) is 35.6 Å². The van der Waals surface area contributed by atoms with Gasteiger partial charge in [0.1, 0.15) is 0 Å². The highest BCUT2D eigenvalue weighted by Crippen LogP contribution is 2.25. The van der Waals surface area contributed by atoms with Crippen LogP contribution in [0.5, 0.6) is 0 Å². The lowest BCUT2D eigenvalue weighted by Crippen LogP contribution is -2.36. The maximum absolute atomic E-state index is 9.37. The number of hydrogen-bond donors (Lipinski definition) is 6. The van der Waals surface area contributed by atoms with Crippen molar-refractivity contribution in [3.8, 4) is 18.2 Å². The summed E-state index contributed by atoms with van der Waals surface area (Å²) in [6, 6.07) is 12.7. The van der Waals surface area contributed by atoms with Crippen LogP contribution in [0.15, 0.2) is 162 Å². The number of nitrogens with one attached hydrogen (secondary N) is 2. The van der Waals surface area contributed by atoms with Gasteiger partial charge in [-0.05, 0) is 90.7 Å². The van der Waals surface area contributed by atoms with Gasteiger partial charge in [-0.25, -0.2) is 0 Å². The second-order valence-corrected chi connectivity index (χ2v) is 10.8. The fourth-order valence-electron chi connectivity index (χ4n) is 4.81. The normalized spacial score (nSPS) is 18.8. The van der Waals surface area contributed by atoms with E-state index in [0.717, 1.165) is 22.4 Å². The van der Waals surface area contributed by atoms with E-state index in [1.165, 1.54) is 24.6 Å². The second-order valence-electron chi connectivity index (χ2n) is 10.8. The van der Waals surface area contributed by atoms with Crippen molar-refractivity contribution < 1.29 is 0 Å². The molecular formula is C39H41N9. The molecule has 10 N–H and O–H groups in total. The molecule has 0 radical (unpaired) electrons. The average molecular weight is 636 g/mol. The lowest BCUT2D eigenvalue weighted by Gasteiger charge is -2.28. The molecule has 0 saturated carbocycles. The molecule has 0 bridgehead atoms. The Morgan fingerprint density at radius 1 is 0.812 bits per heavy atom. The summed E-state index contributed by atoms with van der Waals surface area (Å²) in [5, 5.41) is 34.6. The Bertz CT molecular complexity index is 1710. The summed E-state index contributed by atoms with van der Waals surface area (Å²) in [5.74, 6) is 0. The smallest absolute Gasteiger partial charge is 0.0989 e. The standard InChI is InChI=1S/C39H41N9/c40-19-16-29(26-42)12-14-35(45)8-3-1-6-31-22-32(7-2-4-9-36(46)15-13-30(27-43)17-20-41)24-34(23-31)37-10-5-11-38(48-37)39-25-33(28-44)18-21-47-39/h1-5,8-13,16-25,37,39,47-48H,6-7,14-15,40-41,45-46H2/b3-1-,4-2-,19-16-,20-17-,29-12+,30-13+,35-8-,36-9-. The fraction of sp³-hybridized carbons (Fsp3) is 0.154. The quantitative estimate of drug-likeness (QED) is 0.117. The van der Waals surface area contributed by atoms with Crippen LogP contribution in [0, 0.1) is 34.0 Å². The molecule has 2 unspecified atom stereocenters. The average Bonchev–Trinajstić information content (AvgIpc) is 3.12. The zero-order valence-corrected chi connectivity index (χ0v) is 26.8. The number of nitrogens with two attached hydrogens (primary N) is 4. The maximum atomic E-state index is 9.37. The van der Waals surface area contributed by atoms with Crippen LogP contribution >= 0.6 is 0 Å². The molecule has 0 aliphatic carbocycles. The number of nitrogens with zero attached hydrogens (tertiary/aromatic N) is 3. The molecule has 0 spiro atoms. The Kier molecular flexibility index (Phi) is 14.7. The van der Waals surface area contributed by atoms with Crippen LogP contribution in [0.25, 0.3) is 0 Å². The summed E-state index contributed by atoms with van der Waals surface area (Å²) in [6.07, 6.45) is 34.7. The molecule has 1 aromatic rings. The van der Waals surface area contributed by atoms with E-state index in [0.29, 0.717) is 53.8 Å². The van der Waals surface area contributed by atoms with Crippen LogP contribution in [0.2, 0.25) is 0 Å². The van der Waals surface area contributed by atoms with Crippen LogP contribution < -0.4 is 33.6 Å². The minimum Gasteiger partial charge on any atom is -0.405 e. The first-order valence-electron chi connectivity index (χ1n) is 15.4. The topological polar surface area (TPSA) is 200 Å². The van der Waals surface area contributed by atoms with Crippen molar-refractivity contribution in [1.82, 2.24) is 10.6 Å². The number of rotatable bonds is 14. The monoisotopic (exact) mass is 635 g/mol. The molecule has 242 valence electrons. The molecule has 2 aliphatic rings. The van der Waals surface area contributed by atoms with Gasteiger partial charge in [-0.2, -0.15) is 15.8 Å². The first kappa shape index (κ1) is 35.8. The first-order valence-corrected chi connectivity index (χ1v) is 15.4. The molecule has 9 heteroatoms. The highest BCUT2D eigenvalue weighted by molar-refractivity contribution is 5.43. The molecule has 0 saturated heterocycles. The van der Waals surface area contributed by atoms with Crippen molar-refractivity contribution in [1.29, 1.82) is 15.8 Å². The second kappa shape index (κ2) is 19.7. The summed E-state index contributed by atoms with van der Waals surface area (Å²) in [7, 11) is 0. The number of dihydropyridines is 2. The van der Waals surface area contributed by atoms with Crippen molar-refractivity contribution in [3.05, 3.63) is 178 Å². The van der Waals surface area contributed by atoms with E-state index in [1.807, 2.05) is 42.5 Å². The lowest BCUT2D eigenvalue weighted by molar-refractivity contribution is 0.625. The molecule has 0 amide bonds. The molecule has 0 aromatic heterocycles. The largest absolute Gasteiger partial charge is 0.405 e. The van der Waals surface area contributed by atoms with Gasteiger partial charge in [0, 0.05) is 41.1 Å². The van der Waals surface area contributed by atoms with Crippen molar-refractivity contribution in [2.75, 3.05) is 0 Å². The van der Waals surface area contributed by atoms with Crippen LogP contribution in [-0.4, -0.2) is 6.04 Å². The van der Waals surface area contributed by atoms with E-state index in [-0.39, 0.29) is 12.1 Å². The summed E-state index contributed by atoms with van der Waals surface area (Å²) in [5.41, 5.74) is 30.2. The molecule has 1 aromatic carbocycles. The summed E-state index contributed by atoms with van der Waals surface area (Å²) >= 11 is 0. The van der Waals surface area contributed by atoms with Gasteiger partial charge in [0.05, 0.1) is 35.9 Å². The van der Waals surface area contributed by atoms with Gasteiger partial charge in [0.25, 0.3) is 0 Å². The van der Waals surface area contributed by atoms with Gasteiger partial charge in [0.15, 0.2) is 0 Å². The minimum atomic E-state index is -0.129. The van der Waals surface area contributed by atoms with Gasteiger partial charge in [0.2, 0.25) is 0 Å². The van der Waals surface area contributed by atoms with Crippen LogP contribution in [0.3, 0.4) is 0 Å². The molecular weight excluding hydrogens is 594 g/mol. The van der Waals surface area contributed by atoms with Gasteiger partial charge in [-0.15, -0.1) is 0 Å². The van der Waals surface area contributed by atoms with E-state index in [2.05, 4.69) is 65.3 Å². The number of benzene rings is 1. The first-order chi connectivity index (χ1) is 23.4. The van der Waals surface area contributed by atoms with E-state index in [1.54, 1.807) is 24.4 Å². The third-order valence-corrected chi connectivity index (χ3v) is 7.21. The van der Waals surface area contributed by atoms with Crippen molar-refractivity contribution in [2.24, 2.45) is 22.9 Å². The molecule has 3 rings (SSSR count). The summed E-state index contributed by atoms with van der Waals surface area (Å²) in [6.45, 7) is 0. The maximum Gasteiger partial charge on any atom is 0.0989 e. The predicted octanol–water partition coefficient (Wildman–Crippen LogP) is 5.21. The Morgan fingerprint density at radius 3 is 1.92 bits per heavy atom. The summed E-state index contributed by atoms with van der Waals surface area (Å²) < 4.78 is 0. The lowest BCUT2D eigenvalue weighted by atomic mass is 9.94. The van der Waals surface area contributed by atoms with E-state index in [4.69, 9.17) is 33.5 Å². The van der Waals surface area contributed by atoms with Crippen molar-refractivity contribution in [3.63, 3.8) is 0 Å². The SMILES string of the molecule is N#CC1=CC(C2=CC=CC(c3cc(C/C=C\C=C(/N)C/C=C(C#N)\C=C/N)cc(C/C=C\C=C(/N)C/C=C(C#N)\C=C/N)c3)N2)NC=C1. The molecule has 2 atom stereocenters. The van der Waals surface area contributed by atoms with E-state index >= 15 is 0 Å². The molecule has 0 fully saturated rings. The van der Waals surface area contributed by atoms with Gasteiger partial charge in [-0.3, -0.25) is 0 Å². The highest BCUT2D eigenvalue weighted by atomic mass is 15.0. The van der Waals surface area contributed by atoms with Crippen LogP contribution in [0.4, 0.5) is 0 Å². The van der Waals surface area contributed by atoms with Gasteiger partial charge < -0.3 is 33.6 Å². The zero-order chi connectivity index (χ0) is 34.6. The van der Waals surface area contributed by atoms with Gasteiger partial charge in [-0.1, -0.05) is 66.8 Å². The van der Waals surface area contributed by atoms with Crippen molar-refractivity contribution >= 4 is 0 Å². The Balaban J connectivity index is 1.80. The molecule has 9 nitrogen and oxygen atoms in total. The number of allylic oxidation sites excluding steroid dienone is 16. The third-order valence-electron chi connectivity index (χ3n) is 7.21. The van der Waals surface area contributed by atoms with Crippen molar-refractivity contribution in [2.45, 2.75) is 37.8 Å². The van der Waals surface area contributed by atoms with Gasteiger partial charge >= 0.3 is 0 Å². The van der Waals surface area contributed by atoms with Crippen LogP contribution in [-0.2, 0) is 12.8 Å². The number of nitriles is 3. The van der Waals surface area contributed by atoms with E-state index < -0.39 is 0 Å². The third kappa shape index (κ3) is 12.0. The molecule has 2 heterocycles. The van der Waals surface area contributed by atoms with E-state index in [9.17, 15) is 5.26 Å². The Morgan fingerprint density at radius 2 is 1.40 bits per heavy atom. The number of hydrogen-bond acceptors (Lipinski definition) is 9. The predicted molar refractivity (Wildman–Crippen MR) is 193 cm³/mol. The Labute approximate surface area is 283 Å².